The van der Waals surface area contributed by atoms with Crippen molar-refractivity contribution in [1.29, 1.82) is 0 Å². The first-order valence-electron chi connectivity index (χ1n) is 9.01. The maximum absolute atomic E-state index is 12.3. The zero-order valence-electron chi connectivity index (χ0n) is 15.3. The Kier molecular flexibility index (Phi) is 5.56. The lowest BCUT2D eigenvalue weighted by Crippen LogP contribution is -2.45. The van der Waals surface area contributed by atoms with Crippen molar-refractivity contribution >= 4 is 28.5 Å². The Morgan fingerprint density at radius 1 is 1.31 bits per heavy atom. The number of carbonyl (C=O) groups is 1. The van der Waals surface area contributed by atoms with Crippen molar-refractivity contribution in [3.05, 3.63) is 39.2 Å². The molecule has 3 rings (SSSR count). The van der Waals surface area contributed by atoms with Gasteiger partial charge in [-0.05, 0) is 36.8 Å². The lowest BCUT2D eigenvalue weighted by molar-refractivity contribution is -0.124. The van der Waals surface area contributed by atoms with Crippen LogP contribution in [0.3, 0.4) is 0 Å². The Bertz CT molecular complexity index is 876. The standard InChI is InChI=1S/C20H24ClNO4/c1-11-5-4-6-16(13(11)3)22-19(23)10-25-18-9-17-14(8-15(18)21)12(2)7-20(24)26-17/h7-9,11,13,16H,4-6,10H2,1-3H3,(H,22,23)/t11-,13+,16+/m1/s1. The summed E-state index contributed by atoms with van der Waals surface area (Å²) in [7, 11) is 0. The van der Waals surface area contributed by atoms with Gasteiger partial charge in [0.05, 0.1) is 5.02 Å². The summed E-state index contributed by atoms with van der Waals surface area (Å²) in [6.07, 6.45) is 3.34. The average Bonchev–Trinajstić information content (AvgIpc) is 2.58. The first-order chi connectivity index (χ1) is 12.3. The average molecular weight is 378 g/mol. The van der Waals surface area contributed by atoms with Gasteiger partial charge >= 0.3 is 5.63 Å². The predicted octanol–water partition coefficient (Wildman–Crippen LogP) is 4.07. The van der Waals surface area contributed by atoms with Gasteiger partial charge in [0.15, 0.2) is 6.61 Å². The van der Waals surface area contributed by atoms with Gasteiger partial charge in [0, 0.05) is 23.6 Å². The molecule has 2 aromatic rings. The Labute approximate surface area is 157 Å². The molecule has 1 aliphatic carbocycles. The van der Waals surface area contributed by atoms with E-state index in [1.807, 2.05) is 6.92 Å². The van der Waals surface area contributed by atoms with E-state index in [-0.39, 0.29) is 18.6 Å². The maximum Gasteiger partial charge on any atom is 0.336 e. The van der Waals surface area contributed by atoms with Crippen LogP contribution in [0.25, 0.3) is 11.0 Å². The molecule has 1 fully saturated rings. The summed E-state index contributed by atoms with van der Waals surface area (Å²) in [5, 5.41) is 4.19. The first-order valence-corrected chi connectivity index (χ1v) is 9.39. The van der Waals surface area contributed by atoms with Crippen molar-refractivity contribution in [1.82, 2.24) is 5.32 Å². The summed E-state index contributed by atoms with van der Waals surface area (Å²) in [6.45, 7) is 6.10. The van der Waals surface area contributed by atoms with Crippen molar-refractivity contribution < 1.29 is 13.9 Å². The molecular formula is C20H24ClNO4. The zero-order chi connectivity index (χ0) is 18.8. The van der Waals surface area contributed by atoms with Gasteiger partial charge in [0.2, 0.25) is 0 Å². The summed E-state index contributed by atoms with van der Waals surface area (Å²) < 4.78 is 10.8. The number of fused-ring (bicyclic) bond motifs is 1. The summed E-state index contributed by atoms with van der Waals surface area (Å²) >= 11 is 6.26. The molecule has 0 aliphatic heterocycles. The molecule has 1 heterocycles. The second kappa shape index (κ2) is 7.70. The van der Waals surface area contributed by atoms with Gasteiger partial charge in [0.1, 0.15) is 11.3 Å². The van der Waals surface area contributed by atoms with Crippen LogP contribution < -0.4 is 15.7 Å². The Morgan fingerprint density at radius 3 is 2.85 bits per heavy atom. The highest BCUT2D eigenvalue weighted by atomic mass is 35.5. The van der Waals surface area contributed by atoms with Crippen molar-refractivity contribution in [3.63, 3.8) is 0 Å². The third-order valence-electron chi connectivity index (χ3n) is 5.42. The molecule has 26 heavy (non-hydrogen) atoms. The fourth-order valence-electron chi connectivity index (χ4n) is 3.61. The number of nitrogens with one attached hydrogen (secondary N) is 1. The van der Waals surface area contributed by atoms with E-state index in [0.29, 0.717) is 28.2 Å². The first kappa shape index (κ1) is 18.8. The molecule has 140 valence electrons. The van der Waals surface area contributed by atoms with E-state index >= 15 is 0 Å². The number of hydrogen-bond acceptors (Lipinski definition) is 4. The third-order valence-corrected chi connectivity index (χ3v) is 5.71. The molecule has 1 aliphatic rings. The molecule has 0 radical (unpaired) electrons. The highest BCUT2D eigenvalue weighted by Gasteiger charge is 2.28. The topological polar surface area (TPSA) is 68.5 Å². The van der Waals surface area contributed by atoms with E-state index in [1.54, 1.807) is 12.1 Å². The number of benzene rings is 1. The van der Waals surface area contributed by atoms with Crippen molar-refractivity contribution in [3.8, 4) is 5.75 Å². The van der Waals surface area contributed by atoms with Crippen LogP contribution in [0.2, 0.25) is 5.02 Å². The molecule has 1 aromatic heterocycles. The molecule has 0 unspecified atom stereocenters. The van der Waals surface area contributed by atoms with Gasteiger partial charge in [-0.15, -0.1) is 0 Å². The Balaban J connectivity index is 1.68. The highest BCUT2D eigenvalue weighted by molar-refractivity contribution is 6.32. The summed E-state index contributed by atoms with van der Waals surface area (Å²) in [5.74, 6) is 1.22. The molecule has 3 atom stereocenters. The Morgan fingerprint density at radius 2 is 2.08 bits per heavy atom. The van der Waals surface area contributed by atoms with Gasteiger partial charge in [-0.3, -0.25) is 4.79 Å². The molecule has 6 heteroatoms. The number of halogens is 1. The van der Waals surface area contributed by atoms with Gasteiger partial charge < -0.3 is 14.5 Å². The van der Waals surface area contributed by atoms with Gasteiger partial charge in [-0.1, -0.05) is 38.3 Å². The van der Waals surface area contributed by atoms with Gasteiger partial charge in [0.25, 0.3) is 5.91 Å². The van der Waals surface area contributed by atoms with E-state index in [9.17, 15) is 9.59 Å². The van der Waals surface area contributed by atoms with E-state index in [4.69, 9.17) is 20.8 Å². The van der Waals surface area contributed by atoms with E-state index in [0.717, 1.165) is 23.8 Å². The minimum absolute atomic E-state index is 0.126. The number of rotatable bonds is 4. The van der Waals surface area contributed by atoms with Crippen LogP contribution in [0.15, 0.2) is 27.4 Å². The van der Waals surface area contributed by atoms with Crippen LogP contribution in [0.5, 0.6) is 5.75 Å². The molecule has 0 saturated heterocycles. The second-order valence-electron chi connectivity index (χ2n) is 7.26. The predicted molar refractivity (Wildman–Crippen MR) is 102 cm³/mol. The number of hydrogen-bond donors (Lipinski definition) is 1. The second-order valence-corrected chi connectivity index (χ2v) is 7.66. The lowest BCUT2D eigenvalue weighted by atomic mass is 9.78. The molecule has 1 N–H and O–H groups in total. The molecule has 0 spiro atoms. The smallest absolute Gasteiger partial charge is 0.336 e. The summed E-state index contributed by atoms with van der Waals surface area (Å²) in [4.78, 5) is 23.8. The summed E-state index contributed by atoms with van der Waals surface area (Å²) in [5.41, 5.74) is 0.744. The Hall–Kier alpha value is -2.01. The van der Waals surface area contributed by atoms with Crippen LogP contribution >= 0.6 is 11.6 Å². The third kappa shape index (κ3) is 4.04. The zero-order valence-corrected chi connectivity index (χ0v) is 16.1. The van der Waals surface area contributed by atoms with Gasteiger partial charge in [-0.25, -0.2) is 4.79 Å². The van der Waals surface area contributed by atoms with Crippen LogP contribution in [0.4, 0.5) is 0 Å². The van der Waals surface area contributed by atoms with E-state index in [2.05, 4.69) is 19.2 Å². The molecule has 1 amide bonds. The largest absolute Gasteiger partial charge is 0.482 e. The number of amides is 1. The number of ether oxygens (including phenoxy) is 1. The SMILES string of the molecule is Cc1cc(=O)oc2cc(OCC(=O)N[C@H]3CCC[C@@H](C)[C@@H]3C)c(Cl)cc12. The van der Waals surface area contributed by atoms with Crippen LogP contribution in [0, 0.1) is 18.8 Å². The van der Waals surface area contributed by atoms with E-state index < -0.39 is 5.63 Å². The van der Waals surface area contributed by atoms with Crippen LogP contribution in [0.1, 0.15) is 38.7 Å². The quantitative estimate of drug-likeness (QED) is 0.815. The fraction of sp³-hybridized carbons (Fsp3) is 0.500. The molecule has 5 nitrogen and oxygen atoms in total. The molecule has 1 aromatic carbocycles. The van der Waals surface area contributed by atoms with Crippen molar-refractivity contribution in [2.24, 2.45) is 11.8 Å². The van der Waals surface area contributed by atoms with E-state index in [1.165, 1.54) is 12.5 Å². The number of aryl methyl sites for hydroxylation is 1. The van der Waals surface area contributed by atoms with Crippen molar-refractivity contribution in [2.45, 2.75) is 46.1 Å². The van der Waals surface area contributed by atoms with Gasteiger partial charge in [-0.2, -0.15) is 0 Å². The molecular weight excluding hydrogens is 354 g/mol. The van der Waals surface area contributed by atoms with Crippen LogP contribution in [-0.4, -0.2) is 18.6 Å². The normalized spacial score (nSPS) is 23.0. The maximum atomic E-state index is 12.3. The molecule has 1 saturated carbocycles. The number of carbonyl (C=O) groups excluding carboxylic acids is 1. The fourth-order valence-corrected chi connectivity index (χ4v) is 3.83. The minimum Gasteiger partial charge on any atom is -0.482 e. The van der Waals surface area contributed by atoms with Crippen LogP contribution in [-0.2, 0) is 4.79 Å². The highest BCUT2D eigenvalue weighted by Crippen LogP contribution is 2.31. The van der Waals surface area contributed by atoms with Crippen molar-refractivity contribution in [2.75, 3.05) is 6.61 Å². The molecule has 0 bridgehead atoms. The monoisotopic (exact) mass is 377 g/mol. The summed E-state index contributed by atoms with van der Waals surface area (Å²) in [6, 6.07) is 4.85. The lowest BCUT2D eigenvalue weighted by Gasteiger charge is -2.34. The minimum atomic E-state index is -0.429.